The first-order valence-electron chi connectivity index (χ1n) is 9.70. The number of rotatable bonds is 5. The Hall–Kier alpha value is -1.67. The van der Waals surface area contributed by atoms with Gasteiger partial charge in [-0.25, -0.2) is 4.79 Å². The topological polar surface area (TPSA) is 84.9 Å². The van der Waals surface area contributed by atoms with Crippen molar-refractivity contribution in [3.05, 3.63) is 11.6 Å². The van der Waals surface area contributed by atoms with E-state index in [0.29, 0.717) is 18.5 Å². The zero-order valence-electron chi connectivity index (χ0n) is 18.8. The van der Waals surface area contributed by atoms with Crippen molar-refractivity contribution < 1.29 is 23.5 Å². The molecule has 0 saturated carbocycles. The SMILES string of the molecule is CC(=O)N1CCC(=CC(CO[Si](C)(C)C(C)(C)C)NC(=O)OC(C)(C)C)C1=O. The van der Waals surface area contributed by atoms with E-state index in [2.05, 4.69) is 39.2 Å². The molecule has 1 fully saturated rings. The largest absolute Gasteiger partial charge is 0.444 e. The fourth-order valence-electron chi connectivity index (χ4n) is 2.42. The maximum atomic E-state index is 12.4. The van der Waals surface area contributed by atoms with Gasteiger partial charge in [-0.2, -0.15) is 0 Å². The average molecular weight is 413 g/mol. The fraction of sp³-hybridized carbons (Fsp3) is 0.750. The van der Waals surface area contributed by atoms with Crippen molar-refractivity contribution in [2.75, 3.05) is 13.2 Å². The van der Waals surface area contributed by atoms with E-state index >= 15 is 0 Å². The summed E-state index contributed by atoms with van der Waals surface area (Å²) in [4.78, 5) is 37.5. The van der Waals surface area contributed by atoms with E-state index in [1.54, 1.807) is 26.8 Å². The molecule has 1 saturated heterocycles. The van der Waals surface area contributed by atoms with Crippen LogP contribution in [0.2, 0.25) is 18.1 Å². The number of hydrogen-bond donors (Lipinski definition) is 1. The van der Waals surface area contributed by atoms with Crippen LogP contribution in [0.15, 0.2) is 11.6 Å². The first-order chi connectivity index (χ1) is 12.5. The van der Waals surface area contributed by atoms with Gasteiger partial charge in [0.15, 0.2) is 8.32 Å². The molecular formula is C20H36N2O5Si. The smallest absolute Gasteiger partial charge is 0.408 e. The number of carbonyl (C=O) groups is 3. The molecular weight excluding hydrogens is 376 g/mol. The van der Waals surface area contributed by atoms with E-state index in [1.165, 1.54) is 11.8 Å². The van der Waals surface area contributed by atoms with Crippen LogP contribution >= 0.6 is 0 Å². The Kier molecular flexibility index (Phi) is 7.64. The number of nitrogens with zero attached hydrogens (tertiary/aromatic N) is 1. The highest BCUT2D eigenvalue weighted by Gasteiger charge is 2.38. The summed E-state index contributed by atoms with van der Waals surface area (Å²) in [5, 5.41) is 2.81. The van der Waals surface area contributed by atoms with Gasteiger partial charge < -0.3 is 14.5 Å². The summed E-state index contributed by atoms with van der Waals surface area (Å²) in [6.07, 6.45) is 1.59. The Labute approximate surface area is 170 Å². The average Bonchev–Trinajstić information content (AvgIpc) is 2.83. The molecule has 1 atom stereocenters. The number of carbonyl (C=O) groups excluding carboxylic acids is 3. The predicted octanol–water partition coefficient (Wildman–Crippen LogP) is 3.61. The molecule has 0 aromatic heterocycles. The third-order valence-electron chi connectivity index (χ3n) is 5.04. The predicted molar refractivity (Wildman–Crippen MR) is 111 cm³/mol. The van der Waals surface area contributed by atoms with Gasteiger partial charge in [-0.15, -0.1) is 0 Å². The van der Waals surface area contributed by atoms with Gasteiger partial charge in [0.25, 0.3) is 5.91 Å². The Balaban J connectivity index is 2.98. The maximum absolute atomic E-state index is 12.4. The second-order valence-electron chi connectivity index (χ2n) is 9.74. The number of hydrogen-bond acceptors (Lipinski definition) is 5. The molecule has 0 radical (unpaired) electrons. The number of imide groups is 1. The van der Waals surface area contributed by atoms with Crippen molar-refractivity contribution in [1.82, 2.24) is 10.2 Å². The second-order valence-corrected chi connectivity index (χ2v) is 14.6. The first-order valence-corrected chi connectivity index (χ1v) is 12.6. The van der Waals surface area contributed by atoms with E-state index in [-0.39, 0.29) is 23.5 Å². The van der Waals surface area contributed by atoms with Crippen LogP contribution in [0.4, 0.5) is 4.79 Å². The Morgan fingerprint density at radius 2 is 1.79 bits per heavy atom. The highest BCUT2D eigenvalue weighted by Crippen LogP contribution is 2.36. The molecule has 1 unspecified atom stereocenters. The minimum absolute atomic E-state index is 0.0191. The molecule has 1 rings (SSSR count). The lowest BCUT2D eigenvalue weighted by Crippen LogP contribution is -2.46. The molecule has 0 spiro atoms. The van der Waals surface area contributed by atoms with Crippen LogP contribution in [0.25, 0.3) is 0 Å². The standard InChI is InChI=1S/C20H36N2O5Si/c1-14(23)22-11-10-15(17(22)24)12-16(21-18(25)27-19(2,3)4)13-26-28(8,9)20(5,6)7/h12,16H,10-11,13H2,1-9H3,(H,21,25). The molecule has 3 amide bonds. The summed E-state index contributed by atoms with van der Waals surface area (Å²) < 4.78 is 11.6. The number of ether oxygens (including phenoxy) is 1. The molecule has 1 N–H and O–H groups in total. The fourth-order valence-corrected chi connectivity index (χ4v) is 3.45. The van der Waals surface area contributed by atoms with Gasteiger partial charge in [0.2, 0.25) is 5.91 Å². The van der Waals surface area contributed by atoms with Crippen LogP contribution in [-0.2, 0) is 18.8 Å². The monoisotopic (exact) mass is 412 g/mol. The summed E-state index contributed by atoms with van der Waals surface area (Å²) in [6.45, 7) is 18.0. The van der Waals surface area contributed by atoms with Gasteiger partial charge in [-0.3, -0.25) is 14.5 Å². The van der Waals surface area contributed by atoms with E-state index in [9.17, 15) is 14.4 Å². The number of likely N-dealkylation sites (tertiary alicyclic amines) is 1. The third kappa shape index (κ3) is 7.05. The van der Waals surface area contributed by atoms with Gasteiger partial charge in [0.05, 0.1) is 12.6 Å². The quantitative estimate of drug-likeness (QED) is 0.551. The van der Waals surface area contributed by atoms with Crippen molar-refractivity contribution in [1.29, 1.82) is 0 Å². The molecule has 0 aromatic rings. The molecule has 0 aromatic carbocycles. The first kappa shape index (κ1) is 24.4. The maximum Gasteiger partial charge on any atom is 0.408 e. The molecule has 0 bridgehead atoms. The number of nitrogens with one attached hydrogen (secondary N) is 1. The lowest BCUT2D eigenvalue weighted by atomic mass is 10.1. The van der Waals surface area contributed by atoms with Crippen LogP contribution in [-0.4, -0.2) is 55.9 Å². The number of alkyl carbamates (subject to hydrolysis) is 1. The molecule has 160 valence electrons. The minimum Gasteiger partial charge on any atom is -0.444 e. The lowest BCUT2D eigenvalue weighted by molar-refractivity contribution is -0.138. The van der Waals surface area contributed by atoms with Gasteiger partial charge >= 0.3 is 6.09 Å². The summed E-state index contributed by atoms with van der Waals surface area (Å²) in [6, 6.07) is -0.519. The van der Waals surface area contributed by atoms with Crippen molar-refractivity contribution in [2.24, 2.45) is 0 Å². The van der Waals surface area contributed by atoms with Crippen LogP contribution in [0.5, 0.6) is 0 Å². The molecule has 1 aliphatic rings. The highest BCUT2D eigenvalue weighted by molar-refractivity contribution is 6.74. The van der Waals surface area contributed by atoms with E-state index in [1.807, 2.05) is 0 Å². The van der Waals surface area contributed by atoms with Crippen molar-refractivity contribution in [3.63, 3.8) is 0 Å². The minimum atomic E-state index is -2.04. The van der Waals surface area contributed by atoms with Crippen LogP contribution in [0, 0.1) is 0 Å². The molecule has 28 heavy (non-hydrogen) atoms. The molecule has 1 aliphatic heterocycles. The second kappa shape index (κ2) is 8.78. The Morgan fingerprint density at radius 1 is 1.21 bits per heavy atom. The van der Waals surface area contributed by atoms with E-state index in [0.717, 1.165) is 0 Å². The van der Waals surface area contributed by atoms with Gasteiger partial charge in [-0.1, -0.05) is 26.8 Å². The Morgan fingerprint density at radius 3 is 2.21 bits per heavy atom. The number of amides is 3. The van der Waals surface area contributed by atoms with Crippen LogP contribution in [0.1, 0.15) is 54.9 Å². The normalized spacial score (nSPS) is 18.4. The highest BCUT2D eigenvalue weighted by atomic mass is 28.4. The van der Waals surface area contributed by atoms with Gasteiger partial charge in [0, 0.05) is 19.0 Å². The van der Waals surface area contributed by atoms with Crippen LogP contribution < -0.4 is 5.32 Å². The van der Waals surface area contributed by atoms with Crippen molar-refractivity contribution in [2.45, 2.75) is 84.7 Å². The summed E-state index contributed by atoms with van der Waals surface area (Å²) in [5.41, 5.74) is -0.119. The summed E-state index contributed by atoms with van der Waals surface area (Å²) in [5.74, 6) is -0.585. The summed E-state index contributed by atoms with van der Waals surface area (Å²) >= 11 is 0. The van der Waals surface area contributed by atoms with E-state index in [4.69, 9.17) is 9.16 Å². The van der Waals surface area contributed by atoms with Gasteiger partial charge in [0.1, 0.15) is 5.60 Å². The van der Waals surface area contributed by atoms with Gasteiger partial charge in [-0.05, 0) is 45.3 Å². The zero-order valence-corrected chi connectivity index (χ0v) is 19.8. The summed E-state index contributed by atoms with van der Waals surface area (Å²) in [7, 11) is -2.04. The molecule has 0 aliphatic carbocycles. The Bertz CT molecular complexity index is 644. The third-order valence-corrected chi connectivity index (χ3v) is 9.54. The van der Waals surface area contributed by atoms with Crippen LogP contribution in [0.3, 0.4) is 0 Å². The van der Waals surface area contributed by atoms with Crippen molar-refractivity contribution >= 4 is 26.2 Å². The van der Waals surface area contributed by atoms with E-state index < -0.39 is 26.1 Å². The zero-order chi connectivity index (χ0) is 21.9. The molecule has 7 nitrogen and oxygen atoms in total. The lowest BCUT2D eigenvalue weighted by Gasteiger charge is -2.37. The van der Waals surface area contributed by atoms with Crippen molar-refractivity contribution in [3.8, 4) is 0 Å². The molecule has 8 heteroatoms. The molecule has 1 heterocycles.